The van der Waals surface area contributed by atoms with Crippen LogP contribution in [0.15, 0.2) is 164 Å². The Morgan fingerprint density at radius 3 is 1.67 bits per heavy atom. The van der Waals surface area contributed by atoms with Crippen LogP contribution in [0, 0.1) is 11.3 Å². The van der Waals surface area contributed by atoms with Crippen molar-refractivity contribution >= 4 is 43.6 Å². The summed E-state index contributed by atoms with van der Waals surface area (Å²) >= 11 is 0. The predicted octanol–water partition coefficient (Wildman–Crippen LogP) is 11.1. The molecule has 0 aliphatic rings. The topological polar surface area (TPSA) is 33.6 Å². The number of nitrogens with zero attached hydrogens (tertiary/aromatic N) is 3. The molecule has 2 heterocycles. The number of nitriles is 1. The van der Waals surface area contributed by atoms with Crippen LogP contribution in [0.4, 0.5) is 0 Å². The summed E-state index contributed by atoms with van der Waals surface area (Å²) in [6.45, 7) is 0. The Balaban J connectivity index is 1.16. The fourth-order valence-electron chi connectivity index (χ4n) is 7.01. The first-order valence-corrected chi connectivity index (χ1v) is 15.5. The summed E-state index contributed by atoms with van der Waals surface area (Å²) in [5.74, 6) is 0. The highest BCUT2D eigenvalue weighted by molar-refractivity contribution is 6.11. The molecule has 0 aliphatic carbocycles. The van der Waals surface area contributed by atoms with Crippen LogP contribution in [-0.2, 0) is 0 Å². The molecule has 9 rings (SSSR count). The molecule has 0 bridgehead atoms. The van der Waals surface area contributed by atoms with Gasteiger partial charge in [0.2, 0.25) is 0 Å². The zero-order chi connectivity index (χ0) is 30.6. The summed E-state index contributed by atoms with van der Waals surface area (Å²) in [6, 6.07) is 60.3. The summed E-state index contributed by atoms with van der Waals surface area (Å²) in [7, 11) is 0. The van der Waals surface area contributed by atoms with Crippen LogP contribution < -0.4 is 0 Å². The van der Waals surface area contributed by atoms with Gasteiger partial charge < -0.3 is 9.13 Å². The van der Waals surface area contributed by atoms with Crippen LogP contribution in [0.25, 0.3) is 77.2 Å². The maximum atomic E-state index is 9.60. The molecular weight excluding hydrogens is 558 g/mol. The van der Waals surface area contributed by atoms with E-state index in [0.717, 1.165) is 33.4 Å². The first-order valence-electron chi connectivity index (χ1n) is 15.5. The van der Waals surface area contributed by atoms with E-state index >= 15 is 0 Å². The monoisotopic (exact) mass is 585 g/mol. The van der Waals surface area contributed by atoms with E-state index in [2.05, 4.69) is 167 Å². The second-order valence-electron chi connectivity index (χ2n) is 11.7. The molecule has 46 heavy (non-hydrogen) atoms. The average Bonchev–Trinajstić information content (AvgIpc) is 3.64. The fourth-order valence-corrected chi connectivity index (χ4v) is 7.01. The van der Waals surface area contributed by atoms with Gasteiger partial charge in [-0.3, -0.25) is 0 Å². The number of aromatic nitrogens is 2. The van der Waals surface area contributed by atoms with Crippen LogP contribution in [-0.4, -0.2) is 9.13 Å². The van der Waals surface area contributed by atoms with Gasteiger partial charge in [0.25, 0.3) is 0 Å². The van der Waals surface area contributed by atoms with E-state index < -0.39 is 0 Å². The molecule has 214 valence electrons. The minimum absolute atomic E-state index is 0.660. The number of fused-ring (bicyclic) bond motifs is 6. The van der Waals surface area contributed by atoms with Gasteiger partial charge in [-0.25, -0.2) is 0 Å². The predicted molar refractivity (Wildman–Crippen MR) is 191 cm³/mol. The van der Waals surface area contributed by atoms with Crippen molar-refractivity contribution < 1.29 is 0 Å². The number of hydrogen-bond acceptors (Lipinski definition) is 1. The third kappa shape index (κ3) is 4.05. The van der Waals surface area contributed by atoms with Gasteiger partial charge in [0.1, 0.15) is 0 Å². The maximum absolute atomic E-state index is 9.60. The van der Waals surface area contributed by atoms with Crippen LogP contribution >= 0.6 is 0 Å². The molecule has 0 unspecified atom stereocenters. The lowest BCUT2D eigenvalue weighted by Crippen LogP contribution is -1.94. The molecule has 0 spiro atoms. The zero-order valence-electron chi connectivity index (χ0n) is 24.9. The number of hydrogen-bond donors (Lipinski definition) is 0. The van der Waals surface area contributed by atoms with E-state index in [1.807, 2.05) is 12.1 Å². The van der Waals surface area contributed by atoms with Crippen LogP contribution in [0.1, 0.15) is 5.56 Å². The molecule has 0 saturated carbocycles. The Labute approximate surface area is 266 Å². The second-order valence-corrected chi connectivity index (χ2v) is 11.7. The van der Waals surface area contributed by atoms with E-state index in [4.69, 9.17) is 0 Å². The Bertz CT molecular complexity index is 2630. The molecule has 7 aromatic carbocycles. The SMILES string of the molecule is N#Cc1ccc2c3ccccc3n(-c3ccc(-c4ccc5c(c4)c4ccccc4n5-c4cccc(-c5ccccc5)c4)cc3)c2c1. The summed E-state index contributed by atoms with van der Waals surface area (Å²) in [4.78, 5) is 0. The standard InChI is InChI=1S/C43H27N3/c44-28-29-17-23-38-36-13-4-6-15-40(36)45(43(38)25-29)34-21-18-31(19-22-34)33-20-24-42-39(27-33)37-14-5-7-16-41(37)46(42)35-12-8-11-32(26-35)30-9-2-1-3-10-30/h1-27H. The lowest BCUT2D eigenvalue weighted by molar-refractivity contribution is 1.18. The van der Waals surface area contributed by atoms with Gasteiger partial charge in [-0.05, 0) is 82.9 Å². The molecule has 0 radical (unpaired) electrons. The van der Waals surface area contributed by atoms with Crippen molar-refractivity contribution in [3.8, 4) is 39.7 Å². The first-order chi connectivity index (χ1) is 22.8. The molecule has 0 amide bonds. The molecule has 9 aromatic rings. The van der Waals surface area contributed by atoms with Crippen molar-refractivity contribution in [2.24, 2.45) is 0 Å². The highest BCUT2D eigenvalue weighted by atomic mass is 15.0. The highest BCUT2D eigenvalue weighted by Gasteiger charge is 2.15. The molecule has 3 heteroatoms. The van der Waals surface area contributed by atoms with E-state index in [9.17, 15) is 5.26 Å². The first kappa shape index (κ1) is 26.1. The third-order valence-electron chi connectivity index (χ3n) is 9.15. The number of benzene rings is 7. The van der Waals surface area contributed by atoms with Crippen LogP contribution in [0.5, 0.6) is 0 Å². The number of para-hydroxylation sites is 2. The molecule has 0 aliphatic heterocycles. The second kappa shape index (κ2) is 10.4. The van der Waals surface area contributed by atoms with E-state index in [1.165, 1.54) is 43.9 Å². The molecule has 0 N–H and O–H groups in total. The quantitative estimate of drug-likeness (QED) is 0.202. The van der Waals surface area contributed by atoms with Gasteiger partial charge in [-0.1, -0.05) is 103 Å². The fraction of sp³-hybridized carbons (Fsp3) is 0. The van der Waals surface area contributed by atoms with E-state index in [1.54, 1.807) is 0 Å². The van der Waals surface area contributed by atoms with Gasteiger partial charge in [-0.15, -0.1) is 0 Å². The maximum Gasteiger partial charge on any atom is 0.0992 e. The van der Waals surface area contributed by atoms with Crippen LogP contribution in [0.3, 0.4) is 0 Å². The average molecular weight is 586 g/mol. The largest absolute Gasteiger partial charge is 0.309 e. The molecular formula is C43H27N3. The van der Waals surface area contributed by atoms with Crippen molar-refractivity contribution in [1.82, 2.24) is 9.13 Å². The molecule has 0 fully saturated rings. The van der Waals surface area contributed by atoms with Gasteiger partial charge in [-0.2, -0.15) is 5.26 Å². The van der Waals surface area contributed by atoms with Gasteiger partial charge in [0, 0.05) is 32.9 Å². The molecule has 2 aromatic heterocycles. The van der Waals surface area contributed by atoms with Gasteiger partial charge in [0.15, 0.2) is 0 Å². The lowest BCUT2D eigenvalue weighted by Gasteiger charge is -2.11. The van der Waals surface area contributed by atoms with E-state index in [-0.39, 0.29) is 0 Å². The minimum atomic E-state index is 0.660. The third-order valence-corrected chi connectivity index (χ3v) is 9.15. The number of rotatable bonds is 4. The summed E-state index contributed by atoms with van der Waals surface area (Å²) < 4.78 is 4.64. The lowest BCUT2D eigenvalue weighted by atomic mass is 10.0. The van der Waals surface area contributed by atoms with Gasteiger partial charge >= 0.3 is 0 Å². The zero-order valence-corrected chi connectivity index (χ0v) is 24.9. The van der Waals surface area contributed by atoms with Crippen molar-refractivity contribution in [2.75, 3.05) is 0 Å². The Hall–Kier alpha value is -6.37. The molecule has 0 atom stereocenters. The summed E-state index contributed by atoms with van der Waals surface area (Å²) in [5.41, 5.74) is 12.2. The molecule has 3 nitrogen and oxygen atoms in total. The molecule has 0 saturated heterocycles. The van der Waals surface area contributed by atoms with Crippen LogP contribution in [0.2, 0.25) is 0 Å². The van der Waals surface area contributed by atoms with Crippen molar-refractivity contribution in [3.63, 3.8) is 0 Å². The Morgan fingerprint density at radius 1 is 0.348 bits per heavy atom. The minimum Gasteiger partial charge on any atom is -0.309 e. The van der Waals surface area contributed by atoms with Gasteiger partial charge in [0.05, 0.1) is 33.7 Å². The summed E-state index contributed by atoms with van der Waals surface area (Å²) in [5, 5.41) is 14.4. The van der Waals surface area contributed by atoms with Crippen molar-refractivity contribution in [2.45, 2.75) is 0 Å². The normalized spacial score (nSPS) is 11.5. The smallest absolute Gasteiger partial charge is 0.0992 e. The van der Waals surface area contributed by atoms with Crippen molar-refractivity contribution in [3.05, 3.63) is 169 Å². The Morgan fingerprint density at radius 2 is 0.913 bits per heavy atom. The van der Waals surface area contributed by atoms with E-state index in [0.29, 0.717) is 5.56 Å². The summed E-state index contributed by atoms with van der Waals surface area (Å²) in [6.07, 6.45) is 0. The highest BCUT2D eigenvalue weighted by Crippen LogP contribution is 2.37. The van der Waals surface area contributed by atoms with Crippen molar-refractivity contribution in [1.29, 1.82) is 5.26 Å². The Kier molecular flexibility index (Phi) is 5.88.